The summed E-state index contributed by atoms with van der Waals surface area (Å²) < 4.78 is 15.8. The van der Waals surface area contributed by atoms with Crippen LogP contribution in [0.15, 0.2) is 12.1 Å². The van der Waals surface area contributed by atoms with Crippen molar-refractivity contribution in [1.29, 1.82) is 0 Å². The van der Waals surface area contributed by atoms with E-state index in [1.807, 2.05) is 19.1 Å². The summed E-state index contributed by atoms with van der Waals surface area (Å²) in [4.78, 5) is 15.4. The van der Waals surface area contributed by atoms with Crippen LogP contribution in [0.25, 0.3) is 0 Å². The van der Waals surface area contributed by atoms with E-state index < -0.39 is 6.09 Å². The van der Waals surface area contributed by atoms with Gasteiger partial charge in [-0.1, -0.05) is 0 Å². The van der Waals surface area contributed by atoms with Crippen molar-refractivity contribution in [3.05, 3.63) is 23.5 Å². The number of methoxy groups -OCH3 is 1. The van der Waals surface area contributed by atoms with Gasteiger partial charge < -0.3 is 24.8 Å². The van der Waals surface area contributed by atoms with Crippen LogP contribution in [-0.4, -0.2) is 50.6 Å². The zero-order valence-electron chi connectivity index (χ0n) is 12.3. The van der Waals surface area contributed by atoms with E-state index in [9.17, 15) is 4.79 Å². The average Bonchev–Trinajstić information content (AvgIpc) is 2.88. The molecule has 0 aliphatic carbocycles. The van der Waals surface area contributed by atoms with Crippen molar-refractivity contribution in [1.82, 2.24) is 15.6 Å². The number of cyclic esters (lactones) is 1. The number of carbonyl (C=O) groups is 1. The molecular formula is C14H21N3O4. The van der Waals surface area contributed by atoms with Crippen LogP contribution in [0.2, 0.25) is 0 Å². The third-order valence-corrected chi connectivity index (χ3v) is 3.02. The summed E-state index contributed by atoms with van der Waals surface area (Å²) in [7, 11) is 1.66. The predicted octanol–water partition coefficient (Wildman–Crippen LogP) is 0.613. The number of aryl methyl sites for hydroxylation is 1. The molecule has 1 aliphatic rings. The van der Waals surface area contributed by atoms with Gasteiger partial charge in [-0.25, -0.2) is 4.79 Å². The quantitative estimate of drug-likeness (QED) is 0.684. The molecule has 1 aliphatic heterocycles. The Morgan fingerprint density at radius 1 is 1.52 bits per heavy atom. The van der Waals surface area contributed by atoms with Crippen LogP contribution in [-0.2, 0) is 16.0 Å². The number of ether oxygens (including phenoxy) is 3. The molecule has 1 saturated heterocycles. The van der Waals surface area contributed by atoms with Crippen molar-refractivity contribution >= 4 is 6.09 Å². The summed E-state index contributed by atoms with van der Waals surface area (Å²) in [5, 5.41) is 5.83. The summed E-state index contributed by atoms with van der Waals surface area (Å²) in [6.07, 6.45) is -0.653. The summed E-state index contributed by atoms with van der Waals surface area (Å²) >= 11 is 0. The maximum absolute atomic E-state index is 11.0. The molecule has 7 nitrogen and oxygen atoms in total. The van der Waals surface area contributed by atoms with Crippen molar-refractivity contribution in [2.24, 2.45) is 0 Å². The standard InChI is InChI=1S/C14H21N3O4/c1-10-3-4-13(12(17-10)8-15-5-6-19-2)20-9-11-7-16-14(18)21-11/h3-4,11,15H,5-9H2,1-2H3,(H,16,18). The average molecular weight is 295 g/mol. The highest BCUT2D eigenvalue weighted by Gasteiger charge is 2.23. The van der Waals surface area contributed by atoms with Crippen LogP contribution in [0.1, 0.15) is 11.4 Å². The van der Waals surface area contributed by atoms with Gasteiger partial charge in [0.15, 0.2) is 6.10 Å². The van der Waals surface area contributed by atoms with Crippen molar-refractivity contribution in [2.75, 3.05) is 33.4 Å². The summed E-state index contributed by atoms with van der Waals surface area (Å²) in [6.45, 7) is 4.71. The Labute approximate surface area is 124 Å². The van der Waals surface area contributed by atoms with Gasteiger partial charge in [-0.05, 0) is 19.1 Å². The molecule has 1 aromatic heterocycles. The molecule has 116 valence electrons. The van der Waals surface area contributed by atoms with Gasteiger partial charge in [-0.15, -0.1) is 0 Å². The molecule has 0 spiro atoms. The Morgan fingerprint density at radius 2 is 2.38 bits per heavy atom. The molecule has 0 saturated carbocycles. The van der Waals surface area contributed by atoms with E-state index in [0.717, 1.165) is 17.9 Å². The fourth-order valence-electron chi connectivity index (χ4n) is 1.94. The van der Waals surface area contributed by atoms with Crippen molar-refractivity contribution in [2.45, 2.75) is 19.6 Å². The van der Waals surface area contributed by atoms with Crippen LogP contribution in [0.5, 0.6) is 5.75 Å². The van der Waals surface area contributed by atoms with Gasteiger partial charge in [-0.2, -0.15) is 0 Å². The van der Waals surface area contributed by atoms with Crippen molar-refractivity contribution in [3.8, 4) is 5.75 Å². The largest absolute Gasteiger partial charge is 0.488 e. The minimum atomic E-state index is -0.396. The van der Waals surface area contributed by atoms with E-state index in [-0.39, 0.29) is 6.10 Å². The second kappa shape index (κ2) is 7.80. The molecule has 2 rings (SSSR count). The van der Waals surface area contributed by atoms with Crippen LogP contribution >= 0.6 is 0 Å². The van der Waals surface area contributed by atoms with Gasteiger partial charge in [0.25, 0.3) is 0 Å². The highest BCUT2D eigenvalue weighted by atomic mass is 16.6. The van der Waals surface area contributed by atoms with Crippen LogP contribution in [0.4, 0.5) is 4.79 Å². The Kier molecular flexibility index (Phi) is 5.77. The lowest BCUT2D eigenvalue weighted by Crippen LogP contribution is -2.23. The lowest BCUT2D eigenvalue weighted by atomic mass is 10.2. The first-order valence-corrected chi connectivity index (χ1v) is 6.92. The number of alkyl carbamates (subject to hydrolysis) is 1. The molecule has 1 atom stereocenters. The number of rotatable bonds is 8. The molecule has 1 amide bonds. The lowest BCUT2D eigenvalue weighted by Gasteiger charge is -2.14. The molecule has 1 aromatic rings. The molecule has 0 bridgehead atoms. The van der Waals surface area contributed by atoms with Crippen molar-refractivity contribution < 1.29 is 19.0 Å². The Balaban J connectivity index is 1.89. The molecule has 1 fully saturated rings. The number of amides is 1. The van der Waals surface area contributed by atoms with Crippen LogP contribution in [0, 0.1) is 6.92 Å². The predicted molar refractivity (Wildman–Crippen MR) is 76.3 cm³/mol. The number of hydrogen-bond acceptors (Lipinski definition) is 6. The second-order valence-electron chi connectivity index (χ2n) is 4.79. The highest BCUT2D eigenvalue weighted by Crippen LogP contribution is 2.17. The van der Waals surface area contributed by atoms with E-state index in [2.05, 4.69) is 15.6 Å². The van der Waals surface area contributed by atoms with Gasteiger partial charge in [0, 0.05) is 25.9 Å². The third kappa shape index (κ3) is 4.87. The molecule has 0 radical (unpaired) electrons. The normalized spacial score (nSPS) is 17.4. The van der Waals surface area contributed by atoms with Gasteiger partial charge in [0.05, 0.1) is 18.8 Å². The molecule has 1 unspecified atom stereocenters. The molecule has 0 aromatic carbocycles. The molecule has 7 heteroatoms. The van der Waals surface area contributed by atoms with Crippen LogP contribution in [0.3, 0.4) is 0 Å². The zero-order valence-corrected chi connectivity index (χ0v) is 12.3. The third-order valence-electron chi connectivity index (χ3n) is 3.02. The Hall–Kier alpha value is -1.86. The van der Waals surface area contributed by atoms with Gasteiger partial charge in [0.2, 0.25) is 0 Å². The number of aromatic nitrogens is 1. The maximum atomic E-state index is 11.0. The molecule has 2 heterocycles. The molecular weight excluding hydrogens is 274 g/mol. The van der Waals surface area contributed by atoms with Crippen molar-refractivity contribution in [3.63, 3.8) is 0 Å². The van der Waals surface area contributed by atoms with E-state index in [4.69, 9.17) is 14.2 Å². The first-order valence-electron chi connectivity index (χ1n) is 6.92. The number of hydrogen-bond donors (Lipinski definition) is 2. The van der Waals surface area contributed by atoms with Gasteiger partial charge in [-0.3, -0.25) is 4.98 Å². The summed E-state index contributed by atoms with van der Waals surface area (Å²) in [5.74, 6) is 0.702. The maximum Gasteiger partial charge on any atom is 0.407 e. The van der Waals surface area contributed by atoms with Gasteiger partial charge >= 0.3 is 6.09 Å². The Morgan fingerprint density at radius 3 is 3.10 bits per heavy atom. The molecule has 2 N–H and O–H groups in total. The first kappa shape index (κ1) is 15.5. The number of carbonyl (C=O) groups excluding carboxylic acids is 1. The summed E-state index contributed by atoms with van der Waals surface area (Å²) in [6, 6.07) is 3.78. The minimum Gasteiger partial charge on any atom is -0.488 e. The second-order valence-corrected chi connectivity index (χ2v) is 4.79. The van der Waals surface area contributed by atoms with E-state index in [1.54, 1.807) is 7.11 Å². The lowest BCUT2D eigenvalue weighted by molar-refractivity contribution is 0.104. The summed E-state index contributed by atoms with van der Waals surface area (Å²) in [5.41, 5.74) is 1.77. The zero-order chi connectivity index (χ0) is 15.1. The number of nitrogens with one attached hydrogen (secondary N) is 2. The fourth-order valence-corrected chi connectivity index (χ4v) is 1.94. The van der Waals surface area contributed by atoms with Gasteiger partial charge in [0.1, 0.15) is 12.4 Å². The number of nitrogens with zero attached hydrogens (tertiary/aromatic N) is 1. The highest BCUT2D eigenvalue weighted by molar-refractivity contribution is 5.69. The fraction of sp³-hybridized carbons (Fsp3) is 0.571. The first-order chi connectivity index (χ1) is 10.2. The topological polar surface area (TPSA) is 81.7 Å². The van der Waals surface area contributed by atoms with E-state index in [1.165, 1.54) is 0 Å². The van der Waals surface area contributed by atoms with E-state index in [0.29, 0.717) is 32.1 Å². The minimum absolute atomic E-state index is 0.256. The van der Waals surface area contributed by atoms with E-state index >= 15 is 0 Å². The monoisotopic (exact) mass is 295 g/mol. The van der Waals surface area contributed by atoms with Crippen LogP contribution < -0.4 is 15.4 Å². The Bertz CT molecular complexity index is 481. The SMILES string of the molecule is COCCNCc1nc(C)ccc1OCC1CNC(=O)O1. The number of pyridine rings is 1. The smallest absolute Gasteiger partial charge is 0.407 e. The molecule has 21 heavy (non-hydrogen) atoms.